The van der Waals surface area contributed by atoms with Crippen LogP contribution in [0.15, 0.2) is 71.2 Å². The Hall–Kier alpha value is -2.91. The van der Waals surface area contributed by atoms with Gasteiger partial charge in [0.2, 0.25) is 0 Å². The normalized spacial score (nSPS) is 13.5. The minimum atomic E-state index is -1.82. The molecule has 0 aromatic heterocycles. The number of rotatable bonds is 7. The third-order valence-electron chi connectivity index (χ3n) is 4.41. The summed E-state index contributed by atoms with van der Waals surface area (Å²) in [6.07, 6.45) is 0. The average Bonchev–Trinajstić information content (AvgIpc) is 2.71. The number of carbonyl (C=O) groups excluding carboxylic acids is 2. The lowest BCUT2D eigenvalue weighted by Crippen LogP contribution is -2.44. The molecule has 0 fully saturated rings. The minimum absolute atomic E-state index is 0.0148. The summed E-state index contributed by atoms with van der Waals surface area (Å²) in [6.45, 7) is 5.61. The van der Waals surface area contributed by atoms with E-state index in [9.17, 15) is 14.9 Å². The van der Waals surface area contributed by atoms with Crippen molar-refractivity contribution in [2.45, 2.75) is 18.3 Å². The van der Waals surface area contributed by atoms with E-state index in [1.165, 1.54) is 7.11 Å². The zero-order valence-corrected chi connectivity index (χ0v) is 17.2. The predicted octanol–water partition coefficient (Wildman–Crippen LogP) is 4.29. The molecule has 0 unspecified atom stereocenters. The number of hydrogen-bond acceptors (Lipinski definition) is 5. The summed E-state index contributed by atoms with van der Waals surface area (Å²) in [5, 5.41) is 10.3. The van der Waals surface area contributed by atoms with Crippen LogP contribution in [0.2, 0.25) is 0 Å². The van der Waals surface area contributed by atoms with Gasteiger partial charge in [0.05, 0.1) is 19.8 Å². The molecule has 0 N–H and O–H groups in total. The van der Waals surface area contributed by atoms with Crippen molar-refractivity contribution in [1.29, 1.82) is 5.26 Å². The van der Waals surface area contributed by atoms with E-state index in [4.69, 9.17) is 9.47 Å². The van der Waals surface area contributed by atoms with Crippen LogP contribution in [0, 0.1) is 11.3 Å². The highest BCUT2D eigenvalue weighted by molar-refractivity contribution is 9.10. The van der Waals surface area contributed by atoms with Gasteiger partial charge in [-0.15, -0.1) is 0 Å². The Bertz CT molecular complexity index is 920. The molecule has 0 aliphatic heterocycles. The molecule has 2 atom stereocenters. The zero-order chi connectivity index (χ0) is 20.7. The first-order chi connectivity index (χ1) is 13.4. The van der Waals surface area contributed by atoms with Gasteiger partial charge in [-0.1, -0.05) is 65.0 Å². The Balaban J connectivity index is 2.85. The maximum absolute atomic E-state index is 13.2. The van der Waals surface area contributed by atoms with Gasteiger partial charge in [0, 0.05) is 16.0 Å². The Labute approximate surface area is 172 Å². The standard InChI is InChI=1S/C22H20BrNO4/c1-4-28-21(26)22(14-24,17-10-6-5-7-11-17)19(15(2)20(25)27-3)16-9-8-12-18(23)13-16/h5-13,19H,2,4H2,1,3H3/t19-,22-/m0/s1. The fourth-order valence-electron chi connectivity index (χ4n) is 3.17. The van der Waals surface area contributed by atoms with E-state index in [0.29, 0.717) is 11.1 Å². The molecule has 0 saturated heterocycles. The van der Waals surface area contributed by atoms with Crippen molar-refractivity contribution in [3.05, 3.63) is 82.3 Å². The molecule has 0 spiro atoms. The quantitative estimate of drug-likeness (QED) is 0.473. The molecule has 28 heavy (non-hydrogen) atoms. The van der Waals surface area contributed by atoms with Crippen molar-refractivity contribution in [3.63, 3.8) is 0 Å². The largest absolute Gasteiger partial charge is 0.466 e. The van der Waals surface area contributed by atoms with E-state index < -0.39 is 23.3 Å². The summed E-state index contributed by atoms with van der Waals surface area (Å²) < 4.78 is 10.9. The van der Waals surface area contributed by atoms with Gasteiger partial charge in [-0.25, -0.2) is 9.59 Å². The summed E-state index contributed by atoms with van der Waals surface area (Å²) >= 11 is 3.40. The number of halogens is 1. The number of nitrogens with zero attached hydrogens (tertiary/aromatic N) is 1. The van der Waals surface area contributed by atoms with Crippen LogP contribution < -0.4 is 0 Å². The topological polar surface area (TPSA) is 76.4 Å². The summed E-state index contributed by atoms with van der Waals surface area (Å²) in [5.41, 5.74) is -0.864. The Morgan fingerprint density at radius 3 is 2.43 bits per heavy atom. The first-order valence-electron chi connectivity index (χ1n) is 8.58. The molecule has 2 aromatic rings. The van der Waals surface area contributed by atoms with Gasteiger partial charge in [0.1, 0.15) is 0 Å². The zero-order valence-electron chi connectivity index (χ0n) is 15.6. The van der Waals surface area contributed by atoms with Gasteiger partial charge in [0.25, 0.3) is 0 Å². The number of carbonyl (C=O) groups is 2. The van der Waals surface area contributed by atoms with Gasteiger partial charge >= 0.3 is 11.9 Å². The third kappa shape index (κ3) is 4.00. The second-order valence-corrected chi connectivity index (χ2v) is 6.93. The van der Waals surface area contributed by atoms with Crippen molar-refractivity contribution in [3.8, 4) is 6.07 Å². The van der Waals surface area contributed by atoms with Crippen LogP contribution in [-0.2, 0) is 24.5 Å². The van der Waals surface area contributed by atoms with E-state index in [-0.39, 0.29) is 12.2 Å². The molecule has 144 valence electrons. The van der Waals surface area contributed by atoms with Crippen LogP contribution in [-0.4, -0.2) is 25.7 Å². The van der Waals surface area contributed by atoms with Crippen molar-refractivity contribution in [1.82, 2.24) is 0 Å². The summed E-state index contributed by atoms with van der Waals surface area (Å²) in [4.78, 5) is 25.6. The SMILES string of the molecule is C=C(C(=O)OC)[C@@H](c1cccc(Br)c1)[C@@](C#N)(C(=O)OCC)c1ccccc1. The molecule has 2 aromatic carbocycles. The number of methoxy groups -OCH3 is 1. The fraction of sp³-hybridized carbons (Fsp3) is 0.227. The predicted molar refractivity (Wildman–Crippen MR) is 108 cm³/mol. The second kappa shape index (κ2) is 9.34. The number of esters is 2. The fourth-order valence-corrected chi connectivity index (χ4v) is 3.59. The van der Waals surface area contributed by atoms with Crippen molar-refractivity contribution >= 4 is 27.9 Å². The van der Waals surface area contributed by atoms with E-state index in [1.54, 1.807) is 55.5 Å². The van der Waals surface area contributed by atoms with Crippen LogP contribution in [0.5, 0.6) is 0 Å². The summed E-state index contributed by atoms with van der Waals surface area (Å²) in [7, 11) is 1.23. The van der Waals surface area contributed by atoms with E-state index >= 15 is 0 Å². The molecular formula is C22H20BrNO4. The minimum Gasteiger partial charge on any atom is -0.466 e. The molecule has 0 saturated carbocycles. The number of benzene rings is 2. The molecule has 2 rings (SSSR count). The molecule has 0 heterocycles. The molecule has 6 heteroatoms. The lowest BCUT2D eigenvalue weighted by atomic mass is 9.65. The Morgan fingerprint density at radius 1 is 1.21 bits per heavy atom. The third-order valence-corrected chi connectivity index (χ3v) is 4.91. The first-order valence-corrected chi connectivity index (χ1v) is 9.38. The van der Waals surface area contributed by atoms with Crippen LogP contribution in [0.3, 0.4) is 0 Å². The summed E-state index contributed by atoms with van der Waals surface area (Å²) in [5.74, 6) is -2.47. The highest BCUT2D eigenvalue weighted by atomic mass is 79.9. The number of nitriles is 1. The maximum atomic E-state index is 13.2. The van der Waals surface area contributed by atoms with Crippen LogP contribution in [0.4, 0.5) is 0 Å². The summed E-state index contributed by atoms with van der Waals surface area (Å²) in [6, 6.07) is 17.7. The molecule has 0 bridgehead atoms. The van der Waals surface area contributed by atoms with Gasteiger partial charge < -0.3 is 9.47 Å². The van der Waals surface area contributed by atoms with Gasteiger partial charge in [-0.2, -0.15) is 5.26 Å². The highest BCUT2D eigenvalue weighted by Gasteiger charge is 2.52. The molecular weight excluding hydrogens is 422 g/mol. The van der Waals surface area contributed by atoms with Crippen molar-refractivity contribution < 1.29 is 19.1 Å². The van der Waals surface area contributed by atoms with Crippen LogP contribution in [0.25, 0.3) is 0 Å². The Kier molecular flexibility index (Phi) is 7.13. The number of hydrogen-bond donors (Lipinski definition) is 0. The van der Waals surface area contributed by atoms with Gasteiger partial charge in [-0.3, -0.25) is 0 Å². The lowest BCUT2D eigenvalue weighted by molar-refractivity contribution is -0.148. The second-order valence-electron chi connectivity index (χ2n) is 6.01. The van der Waals surface area contributed by atoms with E-state index in [2.05, 4.69) is 28.6 Å². The van der Waals surface area contributed by atoms with Crippen molar-refractivity contribution in [2.75, 3.05) is 13.7 Å². The van der Waals surface area contributed by atoms with Gasteiger partial charge in [-0.05, 0) is 30.2 Å². The molecule has 0 amide bonds. The van der Waals surface area contributed by atoms with Crippen molar-refractivity contribution in [2.24, 2.45) is 0 Å². The van der Waals surface area contributed by atoms with Crippen LogP contribution in [0.1, 0.15) is 24.0 Å². The Morgan fingerprint density at radius 2 is 1.89 bits per heavy atom. The molecule has 0 aliphatic carbocycles. The molecule has 0 aliphatic rings. The van der Waals surface area contributed by atoms with Crippen LogP contribution >= 0.6 is 15.9 Å². The average molecular weight is 442 g/mol. The van der Waals surface area contributed by atoms with E-state index in [1.807, 2.05) is 6.07 Å². The molecule has 5 nitrogen and oxygen atoms in total. The lowest BCUT2D eigenvalue weighted by Gasteiger charge is -2.34. The smallest absolute Gasteiger partial charge is 0.333 e. The molecule has 0 radical (unpaired) electrons. The first kappa shape index (κ1) is 21.4. The number of ether oxygens (including phenoxy) is 2. The highest BCUT2D eigenvalue weighted by Crippen LogP contribution is 2.45. The monoisotopic (exact) mass is 441 g/mol. The van der Waals surface area contributed by atoms with E-state index in [0.717, 1.165) is 4.47 Å². The maximum Gasteiger partial charge on any atom is 0.333 e. The van der Waals surface area contributed by atoms with Gasteiger partial charge in [0.15, 0.2) is 5.41 Å².